The smallest absolute Gasteiger partial charge is 0.169 e. The molecule has 4 rings (SSSR count). The van der Waals surface area contributed by atoms with Gasteiger partial charge in [0.1, 0.15) is 5.60 Å². The van der Waals surface area contributed by atoms with Gasteiger partial charge in [-0.1, -0.05) is 60.7 Å². The molecular formula is C21H24O2. The minimum Gasteiger partial charge on any atom is -0.350 e. The van der Waals surface area contributed by atoms with Crippen molar-refractivity contribution >= 4 is 0 Å². The normalized spacial score (nSPS) is 27.0. The van der Waals surface area contributed by atoms with Crippen LogP contribution in [0.15, 0.2) is 60.7 Å². The molecule has 0 N–H and O–H groups in total. The Hall–Kier alpha value is -1.64. The molecule has 2 heteroatoms. The highest BCUT2D eigenvalue weighted by molar-refractivity contribution is 5.37. The fraction of sp³-hybridized carbons (Fsp3) is 0.429. The highest BCUT2D eigenvalue weighted by atomic mass is 16.7. The molecule has 2 aromatic carbocycles. The largest absolute Gasteiger partial charge is 0.350 e. The molecule has 0 aliphatic carbocycles. The fourth-order valence-electron chi connectivity index (χ4n) is 4.12. The predicted molar refractivity (Wildman–Crippen MR) is 91.1 cm³/mol. The predicted octanol–water partition coefficient (Wildman–Crippen LogP) is 5.03. The Morgan fingerprint density at radius 3 is 1.83 bits per heavy atom. The van der Waals surface area contributed by atoms with Crippen LogP contribution in [0.1, 0.15) is 49.7 Å². The lowest BCUT2D eigenvalue weighted by molar-refractivity contribution is -0.319. The highest BCUT2D eigenvalue weighted by Crippen LogP contribution is 2.49. The van der Waals surface area contributed by atoms with E-state index in [0.717, 1.165) is 38.7 Å². The summed E-state index contributed by atoms with van der Waals surface area (Å²) in [6.45, 7) is 0.819. The Morgan fingerprint density at radius 1 is 0.652 bits per heavy atom. The van der Waals surface area contributed by atoms with Crippen molar-refractivity contribution in [3.63, 3.8) is 0 Å². The molecule has 23 heavy (non-hydrogen) atoms. The second-order valence-corrected chi connectivity index (χ2v) is 6.73. The summed E-state index contributed by atoms with van der Waals surface area (Å²) in [6.07, 6.45) is 6.49. The maximum Gasteiger partial charge on any atom is 0.169 e. The maximum absolute atomic E-state index is 6.85. The third-order valence-electron chi connectivity index (χ3n) is 5.24. The molecule has 2 aromatic rings. The Bertz CT molecular complexity index is 584. The van der Waals surface area contributed by atoms with Crippen molar-refractivity contribution in [2.24, 2.45) is 0 Å². The van der Waals surface area contributed by atoms with Gasteiger partial charge >= 0.3 is 0 Å². The minimum atomic E-state index is -0.401. The zero-order valence-electron chi connectivity index (χ0n) is 13.5. The first kappa shape index (κ1) is 14.9. The third kappa shape index (κ3) is 2.71. The maximum atomic E-state index is 6.85. The Kier molecular flexibility index (Phi) is 3.96. The zero-order valence-corrected chi connectivity index (χ0v) is 13.5. The molecule has 1 spiro atoms. The zero-order chi connectivity index (χ0) is 15.6. The number of hydrogen-bond donors (Lipinski definition) is 0. The number of hydrogen-bond acceptors (Lipinski definition) is 2. The van der Waals surface area contributed by atoms with Crippen LogP contribution in [-0.2, 0) is 15.1 Å². The summed E-state index contributed by atoms with van der Waals surface area (Å²) in [5.41, 5.74) is 2.08. The van der Waals surface area contributed by atoms with E-state index in [9.17, 15) is 0 Å². The van der Waals surface area contributed by atoms with E-state index in [1.165, 1.54) is 17.5 Å². The van der Waals surface area contributed by atoms with Gasteiger partial charge in [-0.25, -0.2) is 0 Å². The molecule has 0 unspecified atom stereocenters. The van der Waals surface area contributed by atoms with E-state index in [4.69, 9.17) is 9.47 Å². The first-order valence-corrected chi connectivity index (χ1v) is 8.78. The second kappa shape index (κ2) is 6.10. The molecule has 2 heterocycles. The van der Waals surface area contributed by atoms with Crippen molar-refractivity contribution in [3.05, 3.63) is 71.8 Å². The van der Waals surface area contributed by atoms with Gasteiger partial charge in [0.2, 0.25) is 0 Å². The van der Waals surface area contributed by atoms with E-state index in [2.05, 4.69) is 60.7 Å². The molecule has 2 saturated heterocycles. The average molecular weight is 308 g/mol. The average Bonchev–Trinajstić information content (AvgIpc) is 2.64. The summed E-state index contributed by atoms with van der Waals surface area (Å²) in [7, 11) is 0. The molecule has 0 aromatic heterocycles. The van der Waals surface area contributed by atoms with Crippen LogP contribution in [0.25, 0.3) is 0 Å². The number of benzene rings is 2. The van der Waals surface area contributed by atoms with Crippen LogP contribution < -0.4 is 0 Å². The van der Waals surface area contributed by atoms with Crippen LogP contribution >= 0.6 is 0 Å². The van der Waals surface area contributed by atoms with Crippen molar-refractivity contribution in [1.82, 2.24) is 0 Å². The molecule has 120 valence electrons. The van der Waals surface area contributed by atoms with E-state index in [-0.39, 0.29) is 0 Å². The van der Waals surface area contributed by atoms with Crippen molar-refractivity contribution < 1.29 is 9.47 Å². The molecule has 2 aliphatic rings. The summed E-state index contributed by atoms with van der Waals surface area (Å²) in [5, 5.41) is 0. The van der Waals surface area contributed by atoms with Gasteiger partial charge in [-0.15, -0.1) is 0 Å². The number of rotatable bonds is 2. The molecule has 0 saturated carbocycles. The van der Waals surface area contributed by atoms with E-state index >= 15 is 0 Å². The van der Waals surface area contributed by atoms with Crippen molar-refractivity contribution in [3.8, 4) is 0 Å². The second-order valence-electron chi connectivity index (χ2n) is 6.73. The van der Waals surface area contributed by atoms with Crippen molar-refractivity contribution in [2.75, 3.05) is 6.61 Å². The van der Waals surface area contributed by atoms with E-state index < -0.39 is 11.4 Å². The molecule has 2 aliphatic heterocycles. The Labute approximate surface area is 138 Å². The van der Waals surface area contributed by atoms with Crippen LogP contribution in [0.3, 0.4) is 0 Å². The van der Waals surface area contributed by atoms with E-state index in [1.807, 2.05) is 0 Å². The summed E-state index contributed by atoms with van der Waals surface area (Å²) >= 11 is 0. The first-order valence-electron chi connectivity index (χ1n) is 8.78. The van der Waals surface area contributed by atoms with Crippen LogP contribution in [0.5, 0.6) is 0 Å². The van der Waals surface area contributed by atoms with Crippen LogP contribution in [0, 0.1) is 0 Å². The minimum absolute atomic E-state index is 0.391. The molecule has 0 radical (unpaired) electrons. The van der Waals surface area contributed by atoms with Gasteiger partial charge in [-0.05, 0) is 36.8 Å². The molecule has 0 amide bonds. The van der Waals surface area contributed by atoms with Crippen molar-refractivity contribution in [2.45, 2.75) is 49.9 Å². The summed E-state index contributed by atoms with van der Waals surface area (Å²) in [6, 6.07) is 21.3. The Balaban J connectivity index is 1.80. The van der Waals surface area contributed by atoms with Gasteiger partial charge in [-0.3, -0.25) is 0 Å². The van der Waals surface area contributed by atoms with Crippen molar-refractivity contribution in [1.29, 1.82) is 0 Å². The van der Waals surface area contributed by atoms with Crippen LogP contribution in [0.2, 0.25) is 0 Å². The molecule has 0 bridgehead atoms. The van der Waals surface area contributed by atoms with Gasteiger partial charge in [0.15, 0.2) is 5.79 Å². The quantitative estimate of drug-likeness (QED) is 0.775. The summed E-state index contributed by atoms with van der Waals surface area (Å²) < 4.78 is 13.0. The topological polar surface area (TPSA) is 18.5 Å². The lowest BCUT2D eigenvalue weighted by Gasteiger charge is -2.50. The number of ether oxygens (including phenoxy) is 2. The van der Waals surface area contributed by atoms with E-state index in [0.29, 0.717) is 0 Å². The Morgan fingerprint density at radius 2 is 1.26 bits per heavy atom. The fourth-order valence-corrected chi connectivity index (χ4v) is 4.12. The van der Waals surface area contributed by atoms with E-state index in [1.54, 1.807) is 0 Å². The van der Waals surface area contributed by atoms with Gasteiger partial charge in [-0.2, -0.15) is 0 Å². The summed E-state index contributed by atoms with van der Waals surface area (Å²) in [5.74, 6) is -0.401. The molecular weight excluding hydrogens is 284 g/mol. The molecule has 2 nitrogen and oxygen atoms in total. The van der Waals surface area contributed by atoms with Gasteiger partial charge in [0.25, 0.3) is 0 Å². The standard InChI is InChI=1S/C21H24O2/c1-3-10-18(11-4-1)21(19-12-5-2-6-13-19)16-9-15-20(23-21)14-7-8-17-22-20/h1-6,10-13H,7-9,14-17H2/t20-/m1/s1. The third-order valence-corrected chi connectivity index (χ3v) is 5.24. The molecule has 1 atom stereocenters. The lowest BCUT2D eigenvalue weighted by atomic mass is 9.78. The monoisotopic (exact) mass is 308 g/mol. The first-order chi connectivity index (χ1) is 11.3. The highest BCUT2D eigenvalue weighted by Gasteiger charge is 2.49. The van der Waals surface area contributed by atoms with Gasteiger partial charge < -0.3 is 9.47 Å². The van der Waals surface area contributed by atoms with Gasteiger partial charge in [0, 0.05) is 12.8 Å². The summed E-state index contributed by atoms with van der Waals surface area (Å²) in [4.78, 5) is 0. The SMILES string of the molecule is c1ccc(C2(c3ccccc3)CCC[C@@]3(CCCCO3)O2)cc1. The lowest BCUT2D eigenvalue weighted by Crippen LogP contribution is -2.50. The van der Waals surface area contributed by atoms with Gasteiger partial charge in [0.05, 0.1) is 6.61 Å². The molecule has 2 fully saturated rings. The van der Waals surface area contributed by atoms with Crippen LogP contribution in [0.4, 0.5) is 0 Å². The van der Waals surface area contributed by atoms with Crippen LogP contribution in [-0.4, -0.2) is 12.4 Å².